The lowest BCUT2D eigenvalue weighted by Crippen LogP contribution is -2.23. The number of methoxy groups -OCH3 is 1. The number of amides is 1. The minimum Gasteiger partial charge on any atom is -0.497 e. The van der Waals surface area contributed by atoms with E-state index in [9.17, 15) is 4.79 Å². The fourth-order valence-electron chi connectivity index (χ4n) is 3.10. The first kappa shape index (κ1) is 15.8. The molecule has 0 bridgehead atoms. The summed E-state index contributed by atoms with van der Waals surface area (Å²) in [4.78, 5) is 12.0. The Hall–Kier alpha value is -2.07. The van der Waals surface area contributed by atoms with Gasteiger partial charge in [0.2, 0.25) is 5.91 Å². The molecule has 4 heteroatoms. The first-order chi connectivity index (χ1) is 11.2. The van der Waals surface area contributed by atoms with Gasteiger partial charge < -0.3 is 15.4 Å². The van der Waals surface area contributed by atoms with Gasteiger partial charge in [-0.25, -0.2) is 0 Å². The van der Waals surface area contributed by atoms with Crippen LogP contribution in [-0.4, -0.2) is 26.1 Å². The first-order valence-corrected chi connectivity index (χ1v) is 8.29. The van der Waals surface area contributed by atoms with Crippen LogP contribution in [0.15, 0.2) is 36.4 Å². The minimum atomic E-state index is 0.145. The van der Waals surface area contributed by atoms with Crippen molar-refractivity contribution in [3.63, 3.8) is 0 Å². The second-order valence-corrected chi connectivity index (χ2v) is 6.22. The molecule has 1 amide bonds. The number of ether oxygens (including phenoxy) is 1. The highest BCUT2D eigenvalue weighted by Gasteiger charge is 2.15. The summed E-state index contributed by atoms with van der Waals surface area (Å²) >= 11 is 0. The molecule has 1 atom stereocenters. The Balaban J connectivity index is 1.53. The van der Waals surface area contributed by atoms with Gasteiger partial charge in [0, 0.05) is 13.0 Å². The van der Waals surface area contributed by atoms with E-state index in [0.29, 0.717) is 18.9 Å². The van der Waals surface area contributed by atoms with Crippen LogP contribution in [0.3, 0.4) is 0 Å². The van der Waals surface area contributed by atoms with Gasteiger partial charge in [-0.15, -0.1) is 0 Å². The third-order valence-corrected chi connectivity index (χ3v) is 4.54. The van der Waals surface area contributed by atoms with Crippen LogP contribution < -0.4 is 15.4 Å². The van der Waals surface area contributed by atoms with Gasteiger partial charge in [-0.05, 0) is 66.4 Å². The summed E-state index contributed by atoms with van der Waals surface area (Å²) in [6, 6.07) is 12.3. The standard InChI is InChI=1S/C19H24N2O2/c1-23-18-6-5-16-10-15(2-4-17(16)11-18)13-21-19(22)7-3-14-8-9-20-12-14/h2,4-6,10-11,14,20H,3,7-9,12-13H2,1H3,(H,21,22). The number of hydrogen-bond donors (Lipinski definition) is 2. The van der Waals surface area contributed by atoms with Crippen molar-refractivity contribution in [3.8, 4) is 5.75 Å². The Morgan fingerprint density at radius 3 is 2.87 bits per heavy atom. The van der Waals surface area contributed by atoms with Gasteiger partial charge in [0.1, 0.15) is 5.75 Å². The van der Waals surface area contributed by atoms with E-state index in [1.807, 2.05) is 18.2 Å². The fourth-order valence-corrected chi connectivity index (χ4v) is 3.10. The Morgan fingerprint density at radius 1 is 1.26 bits per heavy atom. The SMILES string of the molecule is COc1ccc2cc(CNC(=O)CCC3CCNC3)ccc2c1. The average molecular weight is 312 g/mol. The highest BCUT2D eigenvalue weighted by molar-refractivity contribution is 5.84. The van der Waals surface area contributed by atoms with Crippen molar-refractivity contribution in [1.82, 2.24) is 10.6 Å². The van der Waals surface area contributed by atoms with Crippen LogP contribution in [-0.2, 0) is 11.3 Å². The lowest BCUT2D eigenvalue weighted by atomic mass is 10.0. The molecule has 122 valence electrons. The van der Waals surface area contributed by atoms with E-state index in [2.05, 4.69) is 28.8 Å². The normalized spacial score (nSPS) is 17.3. The summed E-state index contributed by atoms with van der Waals surface area (Å²) in [5.74, 6) is 1.67. The van der Waals surface area contributed by atoms with Gasteiger partial charge >= 0.3 is 0 Å². The van der Waals surface area contributed by atoms with Gasteiger partial charge in [-0.2, -0.15) is 0 Å². The maximum Gasteiger partial charge on any atom is 0.220 e. The quantitative estimate of drug-likeness (QED) is 0.862. The van der Waals surface area contributed by atoms with E-state index < -0.39 is 0 Å². The van der Waals surface area contributed by atoms with Crippen molar-refractivity contribution in [3.05, 3.63) is 42.0 Å². The summed E-state index contributed by atoms with van der Waals surface area (Å²) < 4.78 is 5.24. The van der Waals surface area contributed by atoms with Gasteiger partial charge in [0.15, 0.2) is 0 Å². The maximum atomic E-state index is 12.0. The molecule has 1 unspecified atom stereocenters. The van der Waals surface area contributed by atoms with E-state index in [4.69, 9.17) is 4.74 Å². The zero-order valence-electron chi connectivity index (χ0n) is 13.6. The molecule has 2 aromatic rings. The van der Waals surface area contributed by atoms with Crippen molar-refractivity contribution in [1.29, 1.82) is 0 Å². The summed E-state index contributed by atoms with van der Waals surface area (Å²) in [5.41, 5.74) is 1.12. The molecule has 1 aliphatic rings. The second kappa shape index (κ2) is 7.47. The lowest BCUT2D eigenvalue weighted by molar-refractivity contribution is -0.121. The fraction of sp³-hybridized carbons (Fsp3) is 0.421. The molecule has 1 fully saturated rings. The molecule has 0 saturated carbocycles. The monoisotopic (exact) mass is 312 g/mol. The number of carbonyl (C=O) groups excluding carboxylic acids is 1. The summed E-state index contributed by atoms with van der Waals surface area (Å²) in [5, 5.41) is 8.67. The summed E-state index contributed by atoms with van der Waals surface area (Å²) in [7, 11) is 1.67. The van der Waals surface area contributed by atoms with Crippen LogP contribution in [0.25, 0.3) is 10.8 Å². The second-order valence-electron chi connectivity index (χ2n) is 6.22. The zero-order chi connectivity index (χ0) is 16.1. The van der Waals surface area contributed by atoms with E-state index in [1.54, 1.807) is 7.11 Å². The number of fused-ring (bicyclic) bond motifs is 1. The minimum absolute atomic E-state index is 0.145. The zero-order valence-corrected chi connectivity index (χ0v) is 13.6. The summed E-state index contributed by atoms with van der Waals surface area (Å²) in [6.07, 6.45) is 2.80. The van der Waals surface area contributed by atoms with E-state index in [0.717, 1.165) is 41.6 Å². The Labute approximate surface area is 137 Å². The van der Waals surface area contributed by atoms with Crippen molar-refractivity contribution >= 4 is 16.7 Å². The molecule has 1 saturated heterocycles. The molecule has 2 N–H and O–H groups in total. The van der Waals surface area contributed by atoms with Crippen LogP contribution >= 0.6 is 0 Å². The largest absolute Gasteiger partial charge is 0.497 e. The van der Waals surface area contributed by atoms with E-state index in [1.165, 1.54) is 6.42 Å². The number of nitrogens with one attached hydrogen (secondary N) is 2. The van der Waals surface area contributed by atoms with Crippen LogP contribution in [0.5, 0.6) is 5.75 Å². The number of benzene rings is 2. The van der Waals surface area contributed by atoms with Crippen molar-refractivity contribution < 1.29 is 9.53 Å². The molecule has 2 aromatic carbocycles. The molecular weight excluding hydrogens is 288 g/mol. The molecule has 23 heavy (non-hydrogen) atoms. The predicted molar refractivity (Wildman–Crippen MR) is 92.6 cm³/mol. The molecule has 0 radical (unpaired) electrons. The highest BCUT2D eigenvalue weighted by Crippen LogP contribution is 2.22. The highest BCUT2D eigenvalue weighted by atomic mass is 16.5. The van der Waals surface area contributed by atoms with Gasteiger partial charge in [0.25, 0.3) is 0 Å². The molecular formula is C19H24N2O2. The third kappa shape index (κ3) is 4.23. The van der Waals surface area contributed by atoms with E-state index >= 15 is 0 Å². The number of carbonyl (C=O) groups is 1. The third-order valence-electron chi connectivity index (χ3n) is 4.54. The number of hydrogen-bond acceptors (Lipinski definition) is 3. The average Bonchev–Trinajstić information content (AvgIpc) is 3.11. The van der Waals surface area contributed by atoms with Crippen LogP contribution in [0.4, 0.5) is 0 Å². The van der Waals surface area contributed by atoms with Crippen LogP contribution in [0, 0.1) is 5.92 Å². The lowest BCUT2D eigenvalue weighted by Gasteiger charge is -2.09. The van der Waals surface area contributed by atoms with Crippen LogP contribution in [0.2, 0.25) is 0 Å². The molecule has 1 aliphatic heterocycles. The van der Waals surface area contributed by atoms with Gasteiger partial charge in [0.05, 0.1) is 7.11 Å². The molecule has 3 rings (SSSR count). The predicted octanol–water partition coefficient (Wildman–Crippen LogP) is 2.85. The Morgan fingerprint density at radius 2 is 2.09 bits per heavy atom. The maximum absolute atomic E-state index is 12.0. The molecule has 0 aromatic heterocycles. The smallest absolute Gasteiger partial charge is 0.220 e. The van der Waals surface area contributed by atoms with Gasteiger partial charge in [-0.1, -0.05) is 18.2 Å². The molecule has 1 heterocycles. The Bertz CT molecular complexity index is 678. The van der Waals surface area contributed by atoms with Crippen molar-refractivity contribution in [2.75, 3.05) is 20.2 Å². The van der Waals surface area contributed by atoms with E-state index in [-0.39, 0.29) is 5.91 Å². The van der Waals surface area contributed by atoms with Crippen LogP contribution in [0.1, 0.15) is 24.8 Å². The summed E-state index contributed by atoms with van der Waals surface area (Å²) in [6.45, 7) is 2.74. The topological polar surface area (TPSA) is 50.4 Å². The molecule has 0 aliphatic carbocycles. The first-order valence-electron chi connectivity index (χ1n) is 8.29. The molecule has 0 spiro atoms. The number of rotatable bonds is 6. The van der Waals surface area contributed by atoms with Crippen molar-refractivity contribution in [2.45, 2.75) is 25.8 Å². The van der Waals surface area contributed by atoms with Gasteiger partial charge in [-0.3, -0.25) is 4.79 Å². The van der Waals surface area contributed by atoms with Crippen molar-refractivity contribution in [2.24, 2.45) is 5.92 Å². The molecule has 4 nitrogen and oxygen atoms in total. The Kier molecular flexibility index (Phi) is 5.13.